The lowest BCUT2D eigenvalue weighted by atomic mass is 10.1. The van der Waals surface area contributed by atoms with Gasteiger partial charge in [-0.3, -0.25) is 9.69 Å². The van der Waals surface area contributed by atoms with Crippen LogP contribution in [0.4, 0.5) is 5.95 Å². The fourth-order valence-electron chi connectivity index (χ4n) is 1.56. The summed E-state index contributed by atoms with van der Waals surface area (Å²) in [5, 5.41) is 0.312. The van der Waals surface area contributed by atoms with E-state index in [0.29, 0.717) is 34.3 Å². The predicted octanol–water partition coefficient (Wildman–Crippen LogP) is 2.18. The van der Waals surface area contributed by atoms with Crippen LogP contribution in [-0.2, 0) is 4.79 Å². The van der Waals surface area contributed by atoms with Crippen LogP contribution in [0.1, 0.15) is 6.42 Å². The minimum atomic E-state index is 0.0254. The summed E-state index contributed by atoms with van der Waals surface area (Å²) in [5.74, 6) is 1.34. The summed E-state index contributed by atoms with van der Waals surface area (Å²) in [4.78, 5) is 21.4. The molecule has 7 heteroatoms. The monoisotopic (exact) mass is 321 g/mol. The number of carbonyl (C=O) groups is 1. The maximum absolute atomic E-state index is 11.7. The van der Waals surface area contributed by atoms with Gasteiger partial charge >= 0.3 is 0 Å². The number of thiol groups is 1. The van der Waals surface area contributed by atoms with Gasteiger partial charge in [0, 0.05) is 19.2 Å². The molecule has 4 nitrogen and oxygen atoms in total. The molecule has 0 aliphatic carbocycles. The molecule has 0 N–H and O–H groups in total. The third-order valence-corrected chi connectivity index (χ3v) is 4.01. The molecular formula is C9H9BrClN3OS. The number of halogens is 2. The Kier molecular flexibility index (Phi) is 3.71. The molecule has 0 saturated carbocycles. The van der Waals surface area contributed by atoms with Gasteiger partial charge in [-0.05, 0) is 27.6 Å². The van der Waals surface area contributed by atoms with Crippen molar-refractivity contribution < 1.29 is 4.79 Å². The second-order valence-corrected chi connectivity index (χ2v) is 5.14. The van der Waals surface area contributed by atoms with Crippen molar-refractivity contribution in [3.63, 3.8) is 0 Å². The fraction of sp³-hybridized carbons (Fsp3) is 0.444. The highest BCUT2D eigenvalue weighted by atomic mass is 79.9. The first-order chi connectivity index (χ1) is 7.61. The number of hydrogen-bond acceptors (Lipinski definition) is 4. The third-order valence-electron chi connectivity index (χ3n) is 2.39. The fourth-order valence-corrected chi connectivity index (χ4v) is 2.12. The topological polar surface area (TPSA) is 46.1 Å². The van der Waals surface area contributed by atoms with Crippen LogP contribution in [0.3, 0.4) is 0 Å². The minimum Gasteiger partial charge on any atom is -0.280 e. The number of amides is 1. The molecule has 0 radical (unpaired) electrons. The van der Waals surface area contributed by atoms with Gasteiger partial charge in [-0.2, -0.15) is 17.6 Å². The number of rotatable bonds is 2. The van der Waals surface area contributed by atoms with Crippen LogP contribution in [0.15, 0.2) is 10.7 Å². The minimum absolute atomic E-state index is 0.0254. The maximum Gasteiger partial charge on any atom is 0.233 e. The molecule has 16 heavy (non-hydrogen) atoms. The highest BCUT2D eigenvalue weighted by Crippen LogP contribution is 2.26. The molecule has 1 aliphatic rings. The number of hydrogen-bond donors (Lipinski definition) is 1. The van der Waals surface area contributed by atoms with Crippen molar-refractivity contribution in [1.29, 1.82) is 0 Å². The van der Waals surface area contributed by atoms with Crippen LogP contribution in [-0.4, -0.2) is 28.2 Å². The lowest BCUT2D eigenvalue weighted by Gasteiger charge is -2.14. The van der Waals surface area contributed by atoms with Crippen LogP contribution in [0.25, 0.3) is 0 Å². The third kappa shape index (κ3) is 2.33. The van der Waals surface area contributed by atoms with Gasteiger partial charge in [-0.15, -0.1) is 0 Å². The molecule has 1 saturated heterocycles. The van der Waals surface area contributed by atoms with Gasteiger partial charge in [-0.25, -0.2) is 4.98 Å². The van der Waals surface area contributed by atoms with E-state index in [2.05, 4.69) is 38.5 Å². The Morgan fingerprint density at radius 3 is 3.00 bits per heavy atom. The predicted molar refractivity (Wildman–Crippen MR) is 69.1 cm³/mol. The largest absolute Gasteiger partial charge is 0.280 e. The summed E-state index contributed by atoms with van der Waals surface area (Å²) in [7, 11) is 0. The van der Waals surface area contributed by atoms with Gasteiger partial charge < -0.3 is 0 Å². The molecule has 1 aliphatic heterocycles. The van der Waals surface area contributed by atoms with Crippen LogP contribution < -0.4 is 4.90 Å². The molecule has 0 bridgehead atoms. The van der Waals surface area contributed by atoms with Crippen molar-refractivity contribution in [1.82, 2.24) is 9.97 Å². The van der Waals surface area contributed by atoms with Crippen LogP contribution in [0, 0.1) is 5.92 Å². The Hall–Kier alpha value is -0.330. The molecular weight excluding hydrogens is 314 g/mol. The average molecular weight is 323 g/mol. The zero-order valence-corrected chi connectivity index (χ0v) is 11.5. The Bertz CT molecular complexity index is 431. The highest BCUT2D eigenvalue weighted by molar-refractivity contribution is 9.10. The van der Waals surface area contributed by atoms with E-state index in [4.69, 9.17) is 11.6 Å². The normalized spacial score (nSPS) is 20.6. The first kappa shape index (κ1) is 12.1. The molecule has 2 heterocycles. The molecule has 1 fully saturated rings. The van der Waals surface area contributed by atoms with Crippen molar-refractivity contribution in [3.8, 4) is 0 Å². The van der Waals surface area contributed by atoms with Crippen molar-refractivity contribution >= 4 is 52.0 Å². The van der Waals surface area contributed by atoms with Gasteiger partial charge in [-0.1, -0.05) is 11.6 Å². The Morgan fingerprint density at radius 1 is 1.69 bits per heavy atom. The van der Waals surface area contributed by atoms with E-state index in [9.17, 15) is 4.79 Å². The van der Waals surface area contributed by atoms with Crippen LogP contribution in [0.2, 0.25) is 5.15 Å². The van der Waals surface area contributed by atoms with E-state index in [1.165, 1.54) is 0 Å². The van der Waals surface area contributed by atoms with Crippen molar-refractivity contribution in [3.05, 3.63) is 15.8 Å². The molecule has 86 valence electrons. The smallest absolute Gasteiger partial charge is 0.233 e. The highest BCUT2D eigenvalue weighted by Gasteiger charge is 2.31. The van der Waals surface area contributed by atoms with Crippen LogP contribution >= 0.6 is 40.2 Å². The Labute approximate surface area is 112 Å². The molecule has 2 rings (SSSR count). The summed E-state index contributed by atoms with van der Waals surface area (Å²) in [6.45, 7) is 0.611. The van der Waals surface area contributed by atoms with E-state index >= 15 is 0 Å². The molecule has 1 unspecified atom stereocenters. The molecule has 1 aromatic rings. The first-order valence-corrected chi connectivity index (χ1v) is 6.51. The standard InChI is InChI=1S/C9H9BrClN3OS/c10-6-2-12-9(13-8(6)11)14-3-5(4-16)1-7(14)15/h2,5,16H,1,3-4H2. The Morgan fingerprint density at radius 2 is 2.44 bits per heavy atom. The molecule has 0 aromatic carbocycles. The summed E-state index contributed by atoms with van der Waals surface area (Å²) in [6, 6.07) is 0. The van der Waals surface area contributed by atoms with E-state index in [1.807, 2.05) is 0 Å². The Balaban J connectivity index is 2.24. The van der Waals surface area contributed by atoms with Crippen molar-refractivity contribution in [2.24, 2.45) is 5.92 Å². The first-order valence-electron chi connectivity index (χ1n) is 4.71. The van der Waals surface area contributed by atoms with Crippen molar-refractivity contribution in [2.75, 3.05) is 17.2 Å². The lowest BCUT2D eigenvalue weighted by Crippen LogP contribution is -2.26. The van der Waals surface area contributed by atoms with E-state index in [1.54, 1.807) is 11.1 Å². The number of carbonyl (C=O) groups excluding carboxylic acids is 1. The molecule has 1 aromatic heterocycles. The molecule has 1 atom stereocenters. The second kappa shape index (κ2) is 4.89. The second-order valence-electron chi connectivity index (χ2n) is 3.57. The zero-order valence-electron chi connectivity index (χ0n) is 8.23. The number of aromatic nitrogens is 2. The number of nitrogens with zero attached hydrogens (tertiary/aromatic N) is 3. The van der Waals surface area contributed by atoms with Crippen molar-refractivity contribution in [2.45, 2.75) is 6.42 Å². The summed E-state index contributed by atoms with van der Waals surface area (Å²) in [6.07, 6.45) is 2.05. The summed E-state index contributed by atoms with van der Waals surface area (Å²) in [5.41, 5.74) is 0. The molecule has 1 amide bonds. The van der Waals surface area contributed by atoms with E-state index < -0.39 is 0 Å². The SMILES string of the molecule is O=C1CC(CS)CN1c1ncc(Br)c(Cl)n1. The zero-order chi connectivity index (χ0) is 11.7. The average Bonchev–Trinajstić information content (AvgIpc) is 2.64. The number of anilines is 1. The van der Waals surface area contributed by atoms with E-state index in [0.717, 1.165) is 0 Å². The van der Waals surface area contributed by atoms with Gasteiger partial charge in [0.25, 0.3) is 0 Å². The lowest BCUT2D eigenvalue weighted by molar-refractivity contribution is -0.117. The quantitative estimate of drug-likeness (QED) is 0.670. The van der Waals surface area contributed by atoms with Gasteiger partial charge in [0.15, 0.2) is 0 Å². The van der Waals surface area contributed by atoms with Crippen LogP contribution in [0.5, 0.6) is 0 Å². The summed E-state index contributed by atoms with van der Waals surface area (Å²) >= 11 is 13.3. The van der Waals surface area contributed by atoms with Gasteiger partial charge in [0.05, 0.1) is 4.47 Å². The van der Waals surface area contributed by atoms with E-state index in [-0.39, 0.29) is 11.8 Å². The summed E-state index contributed by atoms with van der Waals surface area (Å²) < 4.78 is 0.621. The molecule has 0 spiro atoms. The van der Waals surface area contributed by atoms with Gasteiger partial charge in [0.1, 0.15) is 5.15 Å². The van der Waals surface area contributed by atoms with Gasteiger partial charge in [0.2, 0.25) is 11.9 Å². The maximum atomic E-state index is 11.7.